The van der Waals surface area contributed by atoms with Gasteiger partial charge in [0.2, 0.25) is 0 Å². The molecule has 3 rings (SSSR count). The van der Waals surface area contributed by atoms with E-state index in [1.165, 1.54) is 24.8 Å². The first-order valence-electron chi connectivity index (χ1n) is 11.2. The maximum absolute atomic E-state index is 11.8. The molecule has 1 aliphatic rings. The second-order valence-electron chi connectivity index (χ2n) is 8.24. The number of amides is 1. The lowest BCUT2D eigenvalue weighted by molar-refractivity contribution is 0.150. The van der Waals surface area contributed by atoms with Gasteiger partial charge in [-0.15, -0.1) is 12.4 Å². The van der Waals surface area contributed by atoms with E-state index in [1.54, 1.807) is 6.92 Å². The molecule has 1 N–H and O–H groups in total. The summed E-state index contributed by atoms with van der Waals surface area (Å²) in [4.78, 5) is 14.3. The zero-order chi connectivity index (χ0) is 22.1. The van der Waals surface area contributed by atoms with Gasteiger partial charge in [-0.3, -0.25) is 0 Å². The fourth-order valence-electron chi connectivity index (χ4n) is 4.24. The van der Waals surface area contributed by atoms with Gasteiger partial charge >= 0.3 is 6.09 Å². The number of rotatable bonds is 9. The van der Waals surface area contributed by atoms with Crippen molar-refractivity contribution in [3.63, 3.8) is 0 Å². The SMILES string of the molecule is CCOC(=O)NCC(CCN1CCC(Cc2ccccc2)CC1)c1ccc(Cl)c(Cl)c1.Cl. The minimum Gasteiger partial charge on any atom is -0.450 e. The Morgan fingerprint density at radius 1 is 1.12 bits per heavy atom. The van der Waals surface area contributed by atoms with Crippen molar-refractivity contribution < 1.29 is 9.53 Å². The number of alkyl carbamates (subject to hydrolysis) is 1. The Morgan fingerprint density at radius 2 is 1.84 bits per heavy atom. The Labute approximate surface area is 208 Å². The van der Waals surface area contributed by atoms with Crippen LogP contribution in [0.2, 0.25) is 10.0 Å². The van der Waals surface area contributed by atoms with E-state index in [1.807, 2.05) is 18.2 Å². The van der Waals surface area contributed by atoms with Crippen molar-refractivity contribution in [1.29, 1.82) is 0 Å². The highest BCUT2D eigenvalue weighted by atomic mass is 35.5. The van der Waals surface area contributed by atoms with Gasteiger partial charge in [-0.05, 0) is 81.4 Å². The first-order chi connectivity index (χ1) is 15.0. The normalized spacial score (nSPS) is 15.6. The second-order valence-corrected chi connectivity index (χ2v) is 9.05. The molecular weight excluding hydrogens is 467 g/mol. The second kappa shape index (κ2) is 13.9. The van der Waals surface area contributed by atoms with Gasteiger partial charge in [0.1, 0.15) is 0 Å². The van der Waals surface area contributed by atoms with Crippen LogP contribution in [0.25, 0.3) is 0 Å². The zero-order valence-electron chi connectivity index (χ0n) is 18.6. The summed E-state index contributed by atoms with van der Waals surface area (Å²) in [6, 6.07) is 16.5. The average Bonchev–Trinajstić information content (AvgIpc) is 2.78. The number of nitrogens with zero attached hydrogens (tertiary/aromatic N) is 1. The third kappa shape index (κ3) is 8.47. The summed E-state index contributed by atoms with van der Waals surface area (Å²) in [5, 5.41) is 3.97. The van der Waals surface area contributed by atoms with Crippen LogP contribution in [0, 0.1) is 5.92 Å². The summed E-state index contributed by atoms with van der Waals surface area (Å²) in [6.45, 7) is 5.92. The Hall–Kier alpha value is -1.46. The van der Waals surface area contributed by atoms with Crippen molar-refractivity contribution in [2.45, 2.75) is 38.5 Å². The molecule has 4 nitrogen and oxygen atoms in total. The molecule has 0 bridgehead atoms. The van der Waals surface area contributed by atoms with Crippen LogP contribution >= 0.6 is 35.6 Å². The number of carbonyl (C=O) groups is 1. The molecule has 1 unspecified atom stereocenters. The summed E-state index contributed by atoms with van der Waals surface area (Å²) in [5.74, 6) is 0.913. The maximum Gasteiger partial charge on any atom is 0.407 e. The van der Waals surface area contributed by atoms with Crippen molar-refractivity contribution >= 4 is 41.7 Å². The van der Waals surface area contributed by atoms with E-state index in [0.717, 1.165) is 37.5 Å². The summed E-state index contributed by atoms with van der Waals surface area (Å²) in [5.41, 5.74) is 2.52. The zero-order valence-corrected chi connectivity index (χ0v) is 20.9. The number of likely N-dealkylation sites (tertiary alicyclic amines) is 1. The molecule has 1 fully saturated rings. The van der Waals surface area contributed by atoms with Crippen molar-refractivity contribution in [3.8, 4) is 0 Å². The third-order valence-corrected chi connectivity index (χ3v) is 6.79. The van der Waals surface area contributed by atoms with Gasteiger partial charge in [0.25, 0.3) is 0 Å². The number of ether oxygens (including phenoxy) is 1. The predicted molar refractivity (Wildman–Crippen MR) is 135 cm³/mol. The Bertz CT molecular complexity index is 827. The molecule has 176 valence electrons. The van der Waals surface area contributed by atoms with Crippen LogP contribution in [-0.2, 0) is 11.2 Å². The van der Waals surface area contributed by atoms with E-state index in [0.29, 0.717) is 23.2 Å². The lowest BCUT2D eigenvalue weighted by atomic mass is 9.89. The first-order valence-corrected chi connectivity index (χ1v) is 11.9. The molecule has 0 aromatic heterocycles. The highest BCUT2D eigenvalue weighted by Crippen LogP contribution is 2.29. The molecule has 2 aromatic rings. The molecule has 1 saturated heterocycles. The van der Waals surface area contributed by atoms with Gasteiger partial charge in [-0.1, -0.05) is 59.6 Å². The van der Waals surface area contributed by atoms with Crippen LogP contribution in [0.3, 0.4) is 0 Å². The largest absolute Gasteiger partial charge is 0.450 e. The Balaban J connectivity index is 0.00000363. The van der Waals surface area contributed by atoms with Gasteiger partial charge in [0.05, 0.1) is 16.7 Å². The molecule has 0 aliphatic carbocycles. The lowest BCUT2D eigenvalue weighted by Gasteiger charge is -2.33. The first kappa shape index (κ1) is 26.8. The quantitative estimate of drug-likeness (QED) is 0.423. The molecule has 1 aliphatic heterocycles. The van der Waals surface area contributed by atoms with Crippen molar-refractivity contribution in [1.82, 2.24) is 10.2 Å². The number of carbonyl (C=O) groups excluding carboxylic acids is 1. The molecule has 1 amide bonds. The summed E-state index contributed by atoms with van der Waals surface area (Å²) in [6.07, 6.45) is 4.19. The van der Waals surface area contributed by atoms with Gasteiger partial charge in [0, 0.05) is 12.5 Å². The number of hydrogen-bond donors (Lipinski definition) is 1. The van der Waals surface area contributed by atoms with E-state index in [4.69, 9.17) is 27.9 Å². The summed E-state index contributed by atoms with van der Waals surface area (Å²) < 4.78 is 5.02. The van der Waals surface area contributed by atoms with E-state index < -0.39 is 0 Å². The van der Waals surface area contributed by atoms with Crippen molar-refractivity contribution in [2.24, 2.45) is 5.92 Å². The molecule has 0 spiro atoms. The Kier molecular flexibility index (Phi) is 11.7. The van der Waals surface area contributed by atoms with Gasteiger partial charge in [-0.2, -0.15) is 0 Å². The number of nitrogens with one attached hydrogen (secondary N) is 1. The molecule has 2 aromatic carbocycles. The van der Waals surface area contributed by atoms with E-state index in [-0.39, 0.29) is 24.4 Å². The van der Waals surface area contributed by atoms with Crippen LogP contribution in [0.5, 0.6) is 0 Å². The summed E-state index contributed by atoms with van der Waals surface area (Å²) >= 11 is 12.3. The van der Waals surface area contributed by atoms with Gasteiger partial charge in [-0.25, -0.2) is 4.79 Å². The lowest BCUT2D eigenvalue weighted by Crippen LogP contribution is -2.36. The van der Waals surface area contributed by atoms with E-state index in [2.05, 4.69) is 40.5 Å². The minimum atomic E-state index is -0.380. The van der Waals surface area contributed by atoms with Crippen LogP contribution in [0.1, 0.15) is 43.2 Å². The molecule has 0 radical (unpaired) electrons. The molecule has 32 heavy (non-hydrogen) atoms. The molecule has 1 heterocycles. The van der Waals surface area contributed by atoms with Crippen LogP contribution in [0.15, 0.2) is 48.5 Å². The topological polar surface area (TPSA) is 41.6 Å². The number of piperidine rings is 1. The highest BCUT2D eigenvalue weighted by Gasteiger charge is 2.21. The Morgan fingerprint density at radius 3 is 2.50 bits per heavy atom. The minimum absolute atomic E-state index is 0. The summed E-state index contributed by atoms with van der Waals surface area (Å²) in [7, 11) is 0. The smallest absolute Gasteiger partial charge is 0.407 e. The third-order valence-electron chi connectivity index (χ3n) is 6.05. The number of halogens is 3. The van der Waals surface area contributed by atoms with Crippen molar-refractivity contribution in [3.05, 3.63) is 69.7 Å². The van der Waals surface area contributed by atoms with Gasteiger partial charge in [0.15, 0.2) is 0 Å². The van der Waals surface area contributed by atoms with Crippen LogP contribution in [-0.4, -0.2) is 43.8 Å². The molecule has 1 atom stereocenters. The average molecular weight is 500 g/mol. The molecular formula is C25H33Cl3N2O2. The monoisotopic (exact) mass is 498 g/mol. The number of benzene rings is 2. The predicted octanol–water partition coefficient (Wildman–Crippen LogP) is 6.59. The number of hydrogen-bond acceptors (Lipinski definition) is 3. The molecule has 7 heteroatoms. The van der Waals surface area contributed by atoms with Gasteiger partial charge < -0.3 is 15.0 Å². The highest BCUT2D eigenvalue weighted by molar-refractivity contribution is 6.42. The van der Waals surface area contributed by atoms with E-state index >= 15 is 0 Å². The van der Waals surface area contributed by atoms with Crippen LogP contribution < -0.4 is 5.32 Å². The maximum atomic E-state index is 11.8. The molecule has 0 saturated carbocycles. The fraction of sp³-hybridized carbons (Fsp3) is 0.480. The fourth-order valence-corrected chi connectivity index (χ4v) is 4.55. The van der Waals surface area contributed by atoms with E-state index in [9.17, 15) is 4.79 Å². The van der Waals surface area contributed by atoms with Crippen molar-refractivity contribution in [2.75, 3.05) is 32.8 Å². The standard InChI is InChI=1S/C25H32Cl2N2O2.ClH/c1-2-31-25(30)28-18-22(21-8-9-23(26)24(27)17-21)12-15-29-13-10-20(11-14-29)16-19-6-4-3-5-7-19;/h3-9,17,20,22H,2,10-16,18H2,1H3,(H,28,30);1H. The van der Waals surface area contributed by atoms with Crippen LogP contribution in [0.4, 0.5) is 4.79 Å².